The number of nitrogens with zero attached hydrogens (tertiary/aromatic N) is 2. The van der Waals surface area contributed by atoms with Crippen molar-refractivity contribution >= 4 is 17.6 Å². The molecule has 0 aromatic carbocycles. The Kier molecular flexibility index (Phi) is 1.96. The molecule has 74 valence electrons. The molecule has 1 saturated carbocycles. The van der Waals surface area contributed by atoms with Gasteiger partial charge >= 0.3 is 5.97 Å². The summed E-state index contributed by atoms with van der Waals surface area (Å²) in [6.07, 6.45) is 1.98. The van der Waals surface area contributed by atoms with Crippen molar-refractivity contribution in [1.82, 2.24) is 9.97 Å². The highest BCUT2D eigenvalue weighted by atomic mass is 35.5. The number of hydrogen-bond donors (Lipinski definition) is 1. The second kappa shape index (κ2) is 2.92. The first kappa shape index (κ1) is 9.40. The molecule has 1 heterocycles. The quantitative estimate of drug-likeness (QED) is 0.761. The molecule has 0 unspecified atom stereocenters. The van der Waals surface area contributed by atoms with Gasteiger partial charge in [-0.15, -0.1) is 0 Å². The minimum atomic E-state index is -1.07. The zero-order valence-electron chi connectivity index (χ0n) is 7.62. The molecule has 4 nitrogen and oxygen atoms in total. The fourth-order valence-electron chi connectivity index (χ4n) is 1.21. The Labute approximate surface area is 85.9 Å². The van der Waals surface area contributed by atoms with E-state index in [1.165, 1.54) is 6.07 Å². The molecule has 14 heavy (non-hydrogen) atoms. The Balaban J connectivity index is 2.47. The van der Waals surface area contributed by atoms with Crippen molar-refractivity contribution in [3.8, 4) is 0 Å². The van der Waals surface area contributed by atoms with Crippen LogP contribution in [-0.2, 0) is 5.41 Å². The fourth-order valence-corrected chi connectivity index (χ4v) is 1.39. The van der Waals surface area contributed by atoms with E-state index < -0.39 is 5.97 Å². The average molecular weight is 213 g/mol. The van der Waals surface area contributed by atoms with Gasteiger partial charge in [-0.1, -0.05) is 18.5 Å². The molecule has 1 N–H and O–H groups in total. The highest BCUT2D eigenvalue weighted by molar-refractivity contribution is 6.29. The van der Waals surface area contributed by atoms with Gasteiger partial charge in [-0.05, 0) is 12.8 Å². The standard InChI is InChI=1S/C9H9ClN2O2/c1-9(2-3-9)8-11-5(7(13)14)4-6(10)12-8/h4H,2-3H2,1H3,(H,13,14). The monoisotopic (exact) mass is 212 g/mol. The molecule has 1 aliphatic carbocycles. The summed E-state index contributed by atoms with van der Waals surface area (Å²) < 4.78 is 0. The Morgan fingerprint density at radius 2 is 2.21 bits per heavy atom. The lowest BCUT2D eigenvalue weighted by atomic mass is 10.1. The molecule has 1 aromatic heterocycles. The number of halogens is 1. The predicted molar refractivity (Wildman–Crippen MR) is 50.6 cm³/mol. The number of aromatic carboxylic acids is 1. The maximum Gasteiger partial charge on any atom is 0.354 e. The van der Waals surface area contributed by atoms with E-state index in [1.54, 1.807) is 0 Å². The topological polar surface area (TPSA) is 63.1 Å². The van der Waals surface area contributed by atoms with Crippen molar-refractivity contribution in [2.24, 2.45) is 0 Å². The Bertz CT molecular complexity index is 402. The van der Waals surface area contributed by atoms with Crippen LogP contribution in [0.1, 0.15) is 36.1 Å². The third-order valence-corrected chi connectivity index (χ3v) is 2.65. The second-order valence-electron chi connectivity index (χ2n) is 3.77. The van der Waals surface area contributed by atoms with Crippen molar-refractivity contribution in [2.75, 3.05) is 0 Å². The van der Waals surface area contributed by atoms with Crippen molar-refractivity contribution in [2.45, 2.75) is 25.2 Å². The van der Waals surface area contributed by atoms with Crippen LogP contribution < -0.4 is 0 Å². The van der Waals surface area contributed by atoms with Gasteiger partial charge < -0.3 is 5.11 Å². The number of rotatable bonds is 2. The minimum Gasteiger partial charge on any atom is -0.477 e. The summed E-state index contributed by atoms with van der Waals surface area (Å²) >= 11 is 5.71. The first-order valence-electron chi connectivity index (χ1n) is 4.30. The van der Waals surface area contributed by atoms with Gasteiger partial charge in [-0.2, -0.15) is 0 Å². The van der Waals surface area contributed by atoms with Crippen LogP contribution in [0.5, 0.6) is 0 Å². The van der Waals surface area contributed by atoms with Crippen LogP contribution in [0.25, 0.3) is 0 Å². The van der Waals surface area contributed by atoms with Crippen molar-refractivity contribution in [3.05, 3.63) is 22.7 Å². The van der Waals surface area contributed by atoms with E-state index in [9.17, 15) is 4.79 Å². The number of carbonyl (C=O) groups is 1. The molecule has 0 aliphatic heterocycles. The largest absolute Gasteiger partial charge is 0.477 e. The zero-order chi connectivity index (χ0) is 10.3. The first-order chi connectivity index (χ1) is 6.51. The summed E-state index contributed by atoms with van der Waals surface area (Å²) in [5.41, 5.74) is -0.0946. The number of carboxylic acid groups (broad SMARTS) is 1. The van der Waals surface area contributed by atoms with E-state index in [2.05, 4.69) is 9.97 Å². The predicted octanol–water partition coefficient (Wildman–Crippen LogP) is 1.88. The molecular weight excluding hydrogens is 204 g/mol. The molecule has 1 fully saturated rings. The van der Waals surface area contributed by atoms with E-state index in [4.69, 9.17) is 16.7 Å². The highest BCUT2D eigenvalue weighted by Gasteiger charge is 2.42. The highest BCUT2D eigenvalue weighted by Crippen LogP contribution is 2.46. The summed E-state index contributed by atoms with van der Waals surface area (Å²) in [5.74, 6) is -0.526. The van der Waals surface area contributed by atoms with Gasteiger partial charge in [0, 0.05) is 11.5 Å². The van der Waals surface area contributed by atoms with Gasteiger partial charge in [0.15, 0.2) is 5.69 Å². The SMILES string of the molecule is CC1(c2nc(Cl)cc(C(=O)O)n2)CC1. The summed E-state index contributed by atoms with van der Waals surface area (Å²) in [6.45, 7) is 2.00. The maximum absolute atomic E-state index is 10.7. The molecule has 0 amide bonds. The van der Waals surface area contributed by atoms with Crippen LogP contribution in [-0.4, -0.2) is 21.0 Å². The van der Waals surface area contributed by atoms with Gasteiger partial charge in [-0.25, -0.2) is 14.8 Å². The molecule has 0 spiro atoms. The molecular formula is C9H9ClN2O2. The lowest BCUT2D eigenvalue weighted by Gasteiger charge is -2.07. The average Bonchev–Trinajstić information content (AvgIpc) is 2.84. The summed E-state index contributed by atoms with van der Waals surface area (Å²) in [5, 5.41) is 8.97. The molecule has 0 atom stereocenters. The zero-order valence-corrected chi connectivity index (χ0v) is 8.38. The van der Waals surface area contributed by atoms with Crippen molar-refractivity contribution in [1.29, 1.82) is 0 Å². The van der Waals surface area contributed by atoms with E-state index in [-0.39, 0.29) is 16.3 Å². The van der Waals surface area contributed by atoms with Gasteiger partial charge in [0.25, 0.3) is 0 Å². The molecule has 0 bridgehead atoms. The molecule has 5 heteroatoms. The van der Waals surface area contributed by atoms with Gasteiger partial charge in [0.05, 0.1) is 0 Å². The minimum absolute atomic E-state index is 0.0341. The Morgan fingerprint density at radius 3 is 2.71 bits per heavy atom. The van der Waals surface area contributed by atoms with E-state index in [1.807, 2.05) is 6.92 Å². The van der Waals surface area contributed by atoms with Crippen molar-refractivity contribution < 1.29 is 9.90 Å². The fraction of sp³-hybridized carbons (Fsp3) is 0.444. The van der Waals surface area contributed by atoms with E-state index in [0.29, 0.717) is 5.82 Å². The third kappa shape index (κ3) is 1.57. The normalized spacial score (nSPS) is 17.9. The molecule has 0 radical (unpaired) electrons. The maximum atomic E-state index is 10.7. The second-order valence-corrected chi connectivity index (χ2v) is 4.15. The van der Waals surface area contributed by atoms with Crippen LogP contribution in [0.2, 0.25) is 5.15 Å². The Morgan fingerprint density at radius 1 is 1.57 bits per heavy atom. The number of aromatic nitrogens is 2. The smallest absolute Gasteiger partial charge is 0.354 e. The first-order valence-corrected chi connectivity index (χ1v) is 4.67. The number of hydrogen-bond acceptors (Lipinski definition) is 3. The summed E-state index contributed by atoms with van der Waals surface area (Å²) in [7, 11) is 0. The van der Waals surface area contributed by atoms with Gasteiger partial charge in [-0.3, -0.25) is 0 Å². The molecule has 1 aromatic rings. The lowest BCUT2D eigenvalue weighted by Crippen LogP contribution is -2.11. The van der Waals surface area contributed by atoms with Crippen LogP contribution in [0.3, 0.4) is 0 Å². The molecule has 2 rings (SSSR count). The Hall–Kier alpha value is -1.16. The van der Waals surface area contributed by atoms with E-state index in [0.717, 1.165) is 12.8 Å². The van der Waals surface area contributed by atoms with Crippen LogP contribution in [0, 0.1) is 0 Å². The molecule has 0 saturated heterocycles. The van der Waals surface area contributed by atoms with Crippen LogP contribution in [0.15, 0.2) is 6.07 Å². The van der Waals surface area contributed by atoms with Crippen LogP contribution >= 0.6 is 11.6 Å². The van der Waals surface area contributed by atoms with Crippen LogP contribution in [0.4, 0.5) is 0 Å². The third-order valence-electron chi connectivity index (χ3n) is 2.45. The van der Waals surface area contributed by atoms with E-state index >= 15 is 0 Å². The van der Waals surface area contributed by atoms with Gasteiger partial charge in [0.1, 0.15) is 11.0 Å². The number of carboxylic acids is 1. The summed E-state index contributed by atoms with van der Waals surface area (Å²) in [6, 6.07) is 1.26. The van der Waals surface area contributed by atoms with Gasteiger partial charge in [0.2, 0.25) is 0 Å². The van der Waals surface area contributed by atoms with Crippen molar-refractivity contribution in [3.63, 3.8) is 0 Å². The summed E-state index contributed by atoms with van der Waals surface area (Å²) in [4.78, 5) is 18.7. The lowest BCUT2D eigenvalue weighted by molar-refractivity contribution is 0.0690. The molecule has 1 aliphatic rings.